The van der Waals surface area contributed by atoms with Crippen LogP contribution >= 0.6 is 12.2 Å². The first-order valence-electron chi connectivity index (χ1n) is 5.84. The van der Waals surface area contributed by atoms with Gasteiger partial charge in [-0.25, -0.2) is 4.99 Å². The molecule has 0 amide bonds. The third-order valence-corrected chi connectivity index (χ3v) is 2.87. The van der Waals surface area contributed by atoms with Gasteiger partial charge in [-0.15, -0.1) is 0 Å². The fourth-order valence-electron chi connectivity index (χ4n) is 1.62. The number of aromatic hydroxyl groups is 1. The Morgan fingerprint density at radius 2 is 2.18 bits per heavy atom. The maximum Gasteiger partial charge on any atom is 0.298 e. The number of nitrogens with zero attached hydrogens (tertiary/aromatic N) is 2. The summed E-state index contributed by atoms with van der Waals surface area (Å²) >= 11 is 4.69. The minimum Gasteiger partial charge on any atom is -0.496 e. The summed E-state index contributed by atoms with van der Waals surface area (Å²) in [4.78, 5) is 30.5. The molecule has 9 nitrogen and oxygen atoms in total. The molecule has 1 aromatic heterocycles. The molecule has 22 heavy (non-hydrogen) atoms. The molecule has 2 aromatic rings. The van der Waals surface area contributed by atoms with Gasteiger partial charge < -0.3 is 14.8 Å². The van der Waals surface area contributed by atoms with E-state index in [1.165, 1.54) is 25.3 Å². The highest BCUT2D eigenvalue weighted by Gasteiger charge is 2.14. The third kappa shape index (κ3) is 3.17. The number of nitro groups is 1. The standard InChI is InChI=1S/C12H10N4O5S/c1-21-6-2-3-8(9(4-6)16(19)20)13-5-7-10(17)14-12(22)15-11(7)18/h2-5H,1H3,(H3,14,15,17,18,22). The molecular formula is C12H10N4O5S. The maximum atomic E-state index is 11.7. The van der Waals surface area contributed by atoms with Crippen molar-refractivity contribution in [2.45, 2.75) is 0 Å². The predicted octanol–water partition coefficient (Wildman–Crippen LogP) is 1.81. The minimum atomic E-state index is -0.666. The van der Waals surface area contributed by atoms with E-state index in [0.29, 0.717) is 5.75 Å². The molecule has 3 N–H and O–H groups in total. The lowest BCUT2D eigenvalue weighted by Crippen LogP contribution is -2.13. The summed E-state index contributed by atoms with van der Waals surface area (Å²) in [5, 5.41) is 20.6. The first-order valence-corrected chi connectivity index (χ1v) is 6.25. The van der Waals surface area contributed by atoms with Gasteiger partial charge in [0, 0.05) is 6.21 Å². The summed E-state index contributed by atoms with van der Waals surface area (Å²) in [6, 6.07) is 4.06. The Morgan fingerprint density at radius 3 is 2.77 bits per heavy atom. The average Bonchev–Trinajstić information content (AvgIpc) is 2.46. The number of rotatable bonds is 4. The predicted molar refractivity (Wildman–Crippen MR) is 80.8 cm³/mol. The number of aromatic amines is 2. The number of hydrogen-bond acceptors (Lipinski definition) is 7. The van der Waals surface area contributed by atoms with Gasteiger partial charge in [0.15, 0.2) is 4.77 Å². The molecule has 0 spiro atoms. The highest BCUT2D eigenvalue weighted by atomic mass is 32.1. The van der Waals surface area contributed by atoms with Crippen molar-refractivity contribution in [2.75, 3.05) is 7.11 Å². The number of nitrogens with one attached hydrogen (secondary N) is 2. The van der Waals surface area contributed by atoms with Crippen LogP contribution in [0.3, 0.4) is 0 Å². The lowest BCUT2D eigenvalue weighted by Gasteiger charge is -2.02. The van der Waals surface area contributed by atoms with Crippen LogP contribution in [0, 0.1) is 14.9 Å². The number of nitro benzene ring substituents is 1. The Balaban J connectivity index is 2.49. The van der Waals surface area contributed by atoms with E-state index in [9.17, 15) is 20.0 Å². The first-order chi connectivity index (χ1) is 10.4. The van der Waals surface area contributed by atoms with Gasteiger partial charge in [0.25, 0.3) is 11.2 Å². The van der Waals surface area contributed by atoms with E-state index in [1.807, 2.05) is 0 Å². The molecule has 0 aliphatic rings. The van der Waals surface area contributed by atoms with Crippen molar-refractivity contribution in [2.24, 2.45) is 4.99 Å². The van der Waals surface area contributed by atoms with Gasteiger partial charge in [-0.05, 0) is 24.4 Å². The van der Waals surface area contributed by atoms with Crippen molar-refractivity contribution in [3.63, 3.8) is 0 Å². The molecule has 0 aliphatic carbocycles. The SMILES string of the molecule is COc1ccc(N=Cc2c(O)[nH]c(=S)[nH]c2=O)c([N+](=O)[O-])c1. The molecule has 0 fully saturated rings. The Labute approximate surface area is 128 Å². The zero-order valence-electron chi connectivity index (χ0n) is 11.2. The fourth-order valence-corrected chi connectivity index (χ4v) is 1.81. The van der Waals surface area contributed by atoms with E-state index in [-0.39, 0.29) is 21.7 Å². The molecule has 1 heterocycles. The van der Waals surface area contributed by atoms with E-state index in [4.69, 9.17) is 4.74 Å². The van der Waals surface area contributed by atoms with Crippen LogP contribution in [0.15, 0.2) is 28.0 Å². The Hall–Kier alpha value is -3.01. The minimum absolute atomic E-state index is 0.00653. The molecule has 0 saturated carbocycles. The second-order valence-corrected chi connectivity index (χ2v) is 4.45. The van der Waals surface area contributed by atoms with E-state index in [2.05, 4.69) is 27.2 Å². The van der Waals surface area contributed by atoms with Crippen LogP contribution in [0.2, 0.25) is 0 Å². The van der Waals surface area contributed by atoms with Crippen LogP contribution in [-0.4, -0.2) is 33.3 Å². The molecule has 2 rings (SSSR count). The number of aromatic nitrogens is 2. The van der Waals surface area contributed by atoms with Crippen molar-refractivity contribution >= 4 is 29.8 Å². The van der Waals surface area contributed by atoms with Crippen molar-refractivity contribution < 1.29 is 14.8 Å². The van der Waals surface area contributed by atoms with E-state index in [0.717, 1.165) is 6.21 Å². The number of H-pyrrole nitrogens is 2. The van der Waals surface area contributed by atoms with Gasteiger partial charge in [-0.3, -0.25) is 19.9 Å². The number of ether oxygens (including phenoxy) is 1. The fraction of sp³-hybridized carbons (Fsp3) is 0.0833. The number of methoxy groups -OCH3 is 1. The normalized spacial score (nSPS) is 10.8. The monoisotopic (exact) mass is 322 g/mol. The molecule has 0 radical (unpaired) electrons. The van der Waals surface area contributed by atoms with E-state index >= 15 is 0 Å². The van der Waals surface area contributed by atoms with Crippen LogP contribution in [0.5, 0.6) is 11.6 Å². The second kappa shape index (κ2) is 6.18. The van der Waals surface area contributed by atoms with E-state index < -0.39 is 16.4 Å². The van der Waals surface area contributed by atoms with Gasteiger partial charge in [0.2, 0.25) is 5.88 Å². The Bertz CT molecular complexity index is 871. The third-order valence-electron chi connectivity index (χ3n) is 2.67. The van der Waals surface area contributed by atoms with Crippen LogP contribution in [-0.2, 0) is 0 Å². The summed E-state index contributed by atoms with van der Waals surface area (Å²) in [5.41, 5.74) is -1.15. The van der Waals surface area contributed by atoms with Gasteiger partial charge in [-0.1, -0.05) is 0 Å². The summed E-state index contributed by atoms with van der Waals surface area (Å²) in [7, 11) is 1.38. The highest BCUT2D eigenvalue weighted by molar-refractivity contribution is 7.71. The quantitative estimate of drug-likeness (QED) is 0.340. The van der Waals surface area contributed by atoms with Crippen molar-refractivity contribution in [1.29, 1.82) is 0 Å². The van der Waals surface area contributed by atoms with Crippen molar-refractivity contribution in [3.8, 4) is 11.6 Å². The molecule has 1 aromatic carbocycles. The molecular weight excluding hydrogens is 312 g/mol. The summed E-state index contributed by atoms with van der Waals surface area (Å²) in [6.45, 7) is 0. The second-order valence-electron chi connectivity index (χ2n) is 4.04. The first kappa shape index (κ1) is 15.4. The molecule has 0 aliphatic heterocycles. The van der Waals surface area contributed by atoms with Crippen molar-refractivity contribution in [1.82, 2.24) is 9.97 Å². The lowest BCUT2D eigenvalue weighted by molar-refractivity contribution is -0.384. The smallest absolute Gasteiger partial charge is 0.298 e. The van der Waals surface area contributed by atoms with Gasteiger partial charge in [-0.2, -0.15) is 0 Å². The highest BCUT2D eigenvalue weighted by Crippen LogP contribution is 2.31. The van der Waals surface area contributed by atoms with Gasteiger partial charge >= 0.3 is 0 Å². The maximum absolute atomic E-state index is 11.7. The zero-order chi connectivity index (χ0) is 16.3. The largest absolute Gasteiger partial charge is 0.496 e. The van der Waals surface area contributed by atoms with E-state index in [1.54, 1.807) is 0 Å². The summed E-state index contributed by atoms with van der Waals surface area (Å²) < 4.78 is 4.86. The Morgan fingerprint density at radius 1 is 1.45 bits per heavy atom. The number of aliphatic imine (C=N–C) groups is 1. The van der Waals surface area contributed by atoms with Crippen LogP contribution in [0.4, 0.5) is 11.4 Å². The average molecular weight is 322 g/mol. The van der Waals surface area contributed by atoms with Crippen molar-refractivity contribution in [3.05, 3.63) is 49.0 Å². The summed E-state index contributed by atoms with van der Waals surface area (Å²) in [6.07, 6.45) is 1.01. The van der Waals surface area contributed by atoms with Gasteiger partial charge in [0.1, 0.15) is 17.0 Å². The van der Waals surface area contributed by atoms with Gasteiger partial charge in [0.05, 0.1) is 18.1 Å². The zero-order valence-corrected chi connectivity index (χ0v) is 12.0. The number of benzene rings is 1. The topological polar surface area (TPSA) is 134 Å². The lowest BCUT2D eigenvalue weighted by atomic mass is 10.2. The van der Waals surface area contributed by atoms with Crippen LogP contribution in [0.25, 0.3) is 0 Å². The van der Waals surface area contributed by atoms with Crippen LogP contribution < -0.4 is 10.3 Å². The molecule has 0 bridgehead atoms. The molecule has 114 valence electrons. The number of hydrogen-bond donors (Lipinski definition) is 3. The summed E-state index contributed by atoms with van der Waals surface area (Å²) in [5.74, 6) is -0.177. The van der Waals surface area contributed by atoms with Crippen LogP contribution in [0.1, 0.15) is 5.56 Å². The molecule has 0 saturated heterocycles. The Kier molecular flexibility index (Phi) is 4.32. The molecule has 0 atom stereocenters. The molecule has 0 unspecified atom stereocenters. The molecule has 10 heteroatoms.